The molecule has 2 N–H and O–H groups in total. The van der Waals surface area contributed by atoms with E-state index in [2.05, 4.69) is 11.4 Å². The standard InChI is InChI=1S/C16H22FNOS/c1-2-18-15(12-3-4-12)16(19,10-17)13-6-5-11-7-8-20-14(11)9-13/h5-6,9,12,15,18-19H,2-4,7-8,10H2,1H3. The highest BCUT2D eigenvalue weighted by molar-refractivity contribution is 7.99. The zero-order chi connectivity index (χ0) is 14.2. The van der Waals surface area contributed by atoms with Gasteiger partial charge in [-0.2, -0.15) is 0 Å². The lowest BCUT2D eigenvalue weighted by Gasteiger charge is -2.35. The van der Waals surface area contributed by atoms with Gasteiger partial charge in [-0.25, -0.2) is 4.39 Å². The fourth-order valence-corrected chi connectivity index (χ4v) is 4.26. The van der Waals surface area contributed by atoms with Crippen LogP contribution in [0, 0.1) is 5.92 Å². The van der Waals surface area contributed by atoms with Crippen molar-refractivity contribution in [3.8, 4) is 0 Å². The van der Waals surface area contributed by atoms with Crippen molar-refractivity contribution >= 4 is 11.8 Å². The van der Waals surface area contributed by atoms with Crippen molar-refractivity contribution in [1.29, 1.82) is 0 Å². The number of alkyl halides is 1. The predicted octanol–water partition coefficient (Wildman–Crippen LogP) is 2.88. The van der Waals surface area contributed by atoms with Crippen molar-refractivity contribution in [1.82, 2.24) is 5.32 Å². The van der Waals surface area contributed by atoms with Crippen LogP contribution in [0.4, 0.5) is 4.39 Å². The maximum absolute atomic E-state index is 13.7. The number of hydrogen-bond acceptors (Lipinski definition) is 3. The van der Waals surface area contributed by atoms with Gasteiger partial charge in [0, 0.05) is 16.7 Å². The van der Waals surface area contributed by atoms with E-state index in [0.717, 1.165) is 37.1 Å². The first kappa shape index (κ1) is 14.4. The number of nitrogens with one attached hydrogen (secondary N) is 1. The Morgan fingerprint density at radius 3 is 2.95 bits per heavy atom. The Morgan fingerprint density at radius 2 is 2.30 bits per heavy atom. The van der Waals surface area contributed by atoms with Gasteiger partial charge in [0.15, 0.2) is 0 Å². The van der Waals surface area contributed by atoms with Crippen molar-refractivity contribution in [3.05, 3.63) is 29.3 Å². The van der Waals surface area contributed by atoms with Crippen molar-refractivity contribution < 1.29 is 9.50 Å². The topological polar surface area (TPSA) is 32.3 Å². The number of aliphatic hydroxyl groups is 1. The second-order valence-electron chi connectivity index (χ2n) is 5.85. The molecule has 1 fully saturated rings. The van der Waals surface area contributed by atoms with Gasteiger partial charge in [-0.1, -0.05) is 19.1 Å². The molecule has 0 aromatic heterocycles. The molecule has 2 atom stereocenters. The highest BCUT2D eigenvalue weighted by Gasteiger charge is 2.46. The van der Waals surface area contributed by atoms with Crippen molar-refractivity contribution in [3.63, 3.8) is 0 Å². The van der Waals surface area contributed by atoms with Gasteiger partial charge in [0.1, 0.15) is 12.3 Å². The van der Waals surface area contributed by atoms with Crippen LogP contribution in [0.3, 0.4) is 0 Å². The third-order valence-corrected chi connectivity index (χ3v) is 5.53. The summed E-state index contributed by atoms with van der Waals surface area (Å²) in [5.41, 5.74) is 0.660. The molecule has 0 saturated heterocycles. The maximum atomic E-state index is 13.7. The SMILES string of the molecule is CCNC(C1CC1)C(O)(CF)c1ccc2c(c1)SCC2. The van der Waals surface area contributed by atoms with Crippen LogP contribution in [-0.4, -0.2) is 30.1 Å². The fraction of sp³-hybridized carbons (Fsp3) is 0.625. The second kappa shape index (κ2) is 5.66. The lowest BCUT2D eigenvalue weighted by Crippen LogP contribution is -2.51. The molecule has 1 aromatic rings. The van der Waals surface area contributed by atoms with Crippen LogP contribution in [0.5, 0.6) is 0 Å². The van der Waals surface area contributed by atoms with Crippen LogP contribution < -0.4 is 5.32 Å². The van der Waals surface area contributed by atoms with Crippen LogP contribution in [0.2, 0.25) is 0 Å². The average molecular weight is 295 g/mol. The Hall–Kier alpha value is -0.580. The smallest absolute Gasteiger partial charge is 0.133 e. The molecule has 3 rings (SSSR count). The number of benzene rings is 1. The largest absolute Gasteiger partial charge is 0.381 e. The zero-order valence-electron chi connectivity index (χ0n) is 11.9. The van der Waals surface area contributed by atoms with E-state index in [1.807, 2.05) is 19.1 Å². The van der Waals surface area contributed by atoms with E-state index in [1.54, 1.807) is 11.8 Å². The molecule has 2 unspecified atom stereocenters. The first-order chi connectivity index (χ1) is 9.69. The Labute approximate surface area is 124 Å². The van der Waals surface area contributed by atoms with Gasteiger partial charge in [-0.15, -0.1) is 11.8 Å². The molecule has 2 nitrogen and oxygen atoms in total. The summed E-state index contributed by atoms with van der Waals surface area (Å²) in [4.78, 5) is 1.21. The Balaban J connectivity index is 1.94. The maximum Gasteiger partial charge on any atom is 0.133 e. The minimum Gasteiger partial charge on any atom is -0.381 e. The Bertz CT molecular complexity index is 491. The minimum absolute atomic E-state index is 0.179. The number of halogens is 1. The summed E-state index contributed by atoms with van der Waals surface area (Å²) < 4.78 is 13.7. The van der Waals surface area contributed by atoms with E-state index in [4.69, 9.17) is 0 Å². The molecular formula is C16H22FNOS. The molecule has 0 radical (unpaired) electrons. The van der Waals surface area contributed by atoms with Gasteiger partial charge in [-0.3, -0.25) is 0 Å². The Kier molecular flexibility index (Phi) is 4.07. The molecule has 20 heavy (non-hydrogen) atoms. The van der Waals surface area contributed by atoms with Crippen LogP contribution in [-0.2, 0) is 12.0 Å². The quantitative estimate of drug-likeness (QED) is 0.846. The molecular weight excluding hydrogens is 273 g/mol. The van der Waals surface area contributed by atoms with Crippen molar-refractivity contribution in [2.45, 2.75) is 42.7 Å². The predicted molar refractivity (Wildman–Crippen MR) is 80.9 cm³/mol. The molecule has 0 spiro atoms. The Morgan fingerprint density at radius 1 is 1.50 bits per heavy atom. The first-order valence-corrected chi connectivity index (χ1v) is 8.45. The second-order valence-corrected chi connectivity index (χ2v) is 6.99. The molecule has 1 aliphatic carbocycles. The summed E-state index contributed by atoms with van der Waals surface area (Å²) in [7, 11) is 0. The zero-order valence-corrected chi connectivity index (χ0v) is 12.7. The number of aryl methyl sites for hydroxylation is 1. The fourth-order valence-electron chi connectivity index (χ4n) is 3.15. The normalized spacial score (nSPS) is 22.4. The number of thioether (sulfide) groups is 1. The summed E-state index contributed by atoms with van der Waals surface area (Å²) in [5.74, 6) is 1.49. The summed E-state index contributed by atoms with van der Waals surface area (Å²) in [5, 5.41) is 14.3. The molecule has 0 amide bonds. The molecule has 1 saturated carbocycles. The van der Waals surface area contributed by atoms with Crippen LogP contribution in [0.25, 0.3) is 0 Å². The van der Waals surface area contributed by atoms with E-state index in [9.17, 15) is 9.50 Å². The molecule has 2 aliphatic rings. The van der Waals surface area contributed by atoms with Gasteiger partial charge in [-0.05, 0) is 48.9 Å². The number of rotatable bonds is 6. The van der Waals surface area contributed by atoms with Gasteiger partial charge < -0.3 is 10.4 Å². The molecule has 0 bridgehead atoms. The molecule has 1 heterocycles. The minimum atomic E-state index is -1.39. The monoisotopic (exact) mass is 295 g/mol. The number of hydrogen-bond donors (Lipinski definition) is 2. The molecule has 110 valence electrons. The number of fused-ring (bicyclic) bond motifs is 1. The molecule has 1 aromatic carbocycles. The summed E-state index contributed by atoms with van der Waals surface area (Å²) >= 11 is 1.80. The van der Waals surface area contributed by atoms with Gasteiger partial charge >= 0.3 is 0 Å². The van der Waals surface area contributed by atoms with Gasteiger partial charge in [0.05, 0.1) is 0 Å². The van der Waals surface area contributed by atoms with E-state index in [1.165, 1.54) is 10.5 Å². The molecule has 1 aliphatic heterocycles. The van der Waals surface area contributed by atoms with Gasteiger partial charge in [0.25, 0.3) is 0 Å². The van der Waals surface area contributed by atoms with E-state index in [0.29, 0.717) is 5.92 Å². The highest BCUT2D eigenvalue weighted by Crippen LogP contribution is 2.43. The number of likely N-dealkylation sites (N-methyl/N-ethyl adjacent to an activating group) is 1. The van der Waals surface area contributed by atoms with Crippen LogP contribution in [0.1, 0.15) is 30.9 Å². The van der Waals surface area contributed by atoms with E-state index < -0.39 is 12.3 Å². The van der Waals surface area contributed by atoms with Crippen LogP contribution >= 0.6 is 11.8 Å². The summed E-state index contributed by atoms with van der Waals surface area (Å²) in [6.07, 6.45) is 3.24. The lowest BCUT2D eigenvalue weighted by atomic mass is 9.84. The third kappa shape index (κ3) is 2.49. The highest BCUT2D eigenvalue weighted by atomic mass is 32.2. The van der Waals surface area contributed by atoms with E-state index in [-0.39, 0.29) is 6.04 Å². The van der Waals surface area contributed by atoms with Crippen LogP contribution in [0.15, 0.2) is 23.1 Å². The third-order valence-electron chi connectivity index (χ3n) is 4.43. The summed E-state index contributed by atoms with van der Waals surface area (Å²) in [6.45, 7) is 2.03. The van der Waals surface area contributed by atoms with Crippen molar-refractivity contribution in [2.75, 3.05) is 19.0 Å². The van der Waals surface area contributed by atoms with E-state index >= 15 is 0 Å². The molecule has 4 heteroatoms. The van der Waals surface area contributed by atoms with Crippen molar-refractivity contribution in [2.24, 2.45) is 5.92 Å². The van der Waals surface area contributed by atoms with Gasteiger partial charge in [0.2, 0.25) is 0 Å². The lowest BCUT2D eigenvalue weighted by molar-refractivity contribution is -0.0316. The summed E-state index contributed by atoms with van der Waals surface area (Å²) in [6, 6.07) is 5.79. The first-order valence-electron chi connectivity index (χ1n) is 7.47. The average Bonchev–Trinajstić information content (AvgIpc) is 3.20.